The third kappa shape index (κ3) is 4.35. The zero-order valence-electron chi connectivity index (χ0n) is 13.6. The fourth-order valence-corrected chi connectivity index (χ4v) is 3.39. The number of methoxy groups -OCH3 is 1. The van der Waals surface area contributed by atoms with Crippen LogP contribution in [0.1, 0.15) is 18.4 Å². The Kier molecular flexibility index (Phi) is 6.65. The van der Waals surface area contributed by atoms with Gasteiger partial charge >= 0.3 is 5.97 Å². The largest absolute Gasteiger partial charge is 0.466 e. The first kappa shape index (κ1) is 18.0. The van der Waals surface area contributed by atoms with Crippen LogP contribution in [0.5, 0.6) is 0 Å². The van der Waals surface area contributed by atoms with E-state index in [1.165, 1.54) is 18.4 Å². The molecule has 0 saturated heterocycles. The molecule has 23 heavy (non-hydrogen) atoms. The van der Waals surface area contributed by atoms with Gasteiger partial charge in [-0.3, -0.25) is 10.1 Å². The molecule has 9 heteroatoms. The molecule has 1 aromatic rings. The lowest BCUT2D eigenvalue weighted by atomic mass is 10.0. The number of nitrogens with one attached hydrogen (secondary N) is 1. The van der Waals surface area contributed by atoms with Crippen LogP contribution in [0.2, 0.25) is 0 Å². The van der Waals surface area contributed by atoms with E-state index in [1.54, 1.807) is 13.3 Å². The van der Waals surface area contributed by atoms with Crippen molar-refractivity contribution in [2.24, 2.45) is 4.99 Å². The molecule has 0 radical (unpaired) electrons. The second-order valence-electron chi connectivity index (χ2n) is 5.01. The summed E-state index contributed by atoms with van der Waals surface area (Å²) in [5.74, 6) is 0.444. The van der Waals surface area contributed by atoms with Crippen molar-refractivity contribution in [1.29, 1.82) is 0 Å². The molecule has 1 aliphatic heterocycles. The Morgan fingerprint density at radius 2 is 2.35 bits per heavy atom. The molecule has 1 N–H and O–H groups in total. The number of aliphatic imine (C=N–C) groups is 1. The van der Waals surface area contributed by atoms with Crippen molar-refractivity contribution in [3.63, 3.8) is 0 Å². The van der Waals surface area contributed by atoms with Crippen LogP contribution in [0.25, 0.3) is 0 Å². The van der Waals surface area contributed by atoms with Crippen LogP contribution in [0.4, 0.5) is 0 Å². The van der Waals surface area contributed by atoms with Gasteiger partial charge in [0.1, 0.15) is 0 Å². The van der Waals surface area contributed by atoms with Gasteiger partial charge in [0, 0.05) is 43.9 Å². The number of hydrogen-bond acceptors (Lipinski definition) is 8. The number of carbonyl (C=O) groups is 1. The number of hydrogen-bond donors (Lipinski definition) is 1. The van der Waals surface area contributed by atoms with Crippen LogP contribution >= 0.6 is 20.3 Å². The van der Waals surface area contributed by atoms with Gasteiger partial charge in [-0.25, -0.2) is 9.78 Å². The maximum atomic E-state index is 12.1. The molecule has 1 aliphatic rings. The standard InChI is InChI=1S/C14H21N4O3PS/c1-9(17-22-21-4)7-11-10(14(19)20-3)8-16-12(18(11)2)13-15-5-6-23-13/h5-6,9,17,22H,7-8H2,1-4H3. The summed E-state index contributed by atoms with van der Waals surface area (Å²) in [7, 11) is 5.16. The molecule has 2 heterocycles. The molecule has 0 saturated carbocycles. The van der Waals surface area contributed by atoms with E-state index in [-0.39, 0.29) is 21.0 Å². The Hall–Kier alpha value is -1.34. The van der Waals surface area contributed by atoms with Gasteiger partial charge in [-0.1, -0.05) is 0 Å². The monoisotopic (exact) mass is 356 g/mol. The Morgan fingerprint density at radius 1 is 1.57 bits per heavy atom. The lowest BCUT2D eigenvalue weighted by molar-refractivity contribution is -0.136. The first-order chi connectivity index (χ1) is 11.1. The van der Waals surface area contributed by atoms with E-state index in [1.807, 2.05) is 17.3 Å². The maximum absolute atomic E-state index is 12.1. The SMILES string of the molecule is COPNC(C)CC1=C(C(=O)OC)CN=C(c2nccs2)N1C. The van der Waals surface area contributed by atoms with Gasteiger partial charge in [-0.2, -0.15) is 0 Å². The molecule has 0 fully saturated rings. The van der Waals surface area contributed by atoms with E-state index in [2.05, 4.69) is 22.0 Å². The van der Waals surface area contributed by atoms with Gasteiger partial charge in [-0.15, -0.1) is 11.3 Å². The number of thiazole rings is 1. The summed E-state index contributed by atoms with van der Waals surface area (Å²) in [5, 5.41) is 6.02. The molecule has 0 aliphatic carbocycles. The molecule has 0 amide bonds. The van der Waals surface area contributed by atoms with E-state index in [9.17, 15) is 4.79 Å². The van der Waals surface area contributed by atoms with Gasteiger partial charge in [0.2, 0.25) is 0 Å². The van der Waals surface area contributed by atoms with Gasteiger partial charge in [0.05, 0.1) is 28.2 Å². The van der Waals surface area contributed by atoms with Crippen molar-refractivity contribution in [2.75, 3.05) is 27.8 Å². The Bertz CT molecular complexity index is 603. The number of esters is 1. The molecule has 0 bridgehead atoms. The smallest absolute Gasteiger partial charge is 0.337 e. The Morgan fingerprint density at radius 3 is 2.96 bits per heavy atom. The Balaban J connectivity index is 2.25. The predicted octanol–water partition coefficient (Wildman–Crippen LogP) is 1.79. The second kappa shape index (κ2) is 8.49. The van der Waals surface area contributed by atoms with Gasteiger partial charge < -0.3 is 14.2 Å². The summed E-state index contributed by atoms with van der Waals surface area (Å²) >= 11 is 1.53. The molecule has 0 spiro atoms. The number of ether oxygens (including phenoxy) is 1. The molecule has 0 aromatic carbocycles. The minimum atomic E-state index is -0.338. The molecule has 126 valence electrons. The van der Waals surface area contributed by atoms with E-state index in [0.29, 0.717) is 18.5 Å². The molecule has 2 atom stereocenters. The van der Waals surface area contributed by atoms with Crippen LogP contribution in [0.15, 0.2) is 27.8 Å². The summed E-state index contributed by atoms with van der Waals surface area (Å²) in [6.45, 7) is 2.36. The Labute approximate surface area is 141 Å². The summed E-state index contributed by atoms with van der Waals surface area (Å²) in [5.41, 5.74) is 1.49. The van der Waals surface area contributed by atoms with Crippen molar-refractivity contribution in [3.05, 3.63) is 27.9 Å². The fourth-order valence-electron chi connectivity index (χ4n) is 2.29. The number of aromatic nitrogens is 1. The maximum Gasteiger partial charge on any atom is 0.337 e. The lowest BCUT2D eigenvalue weighted by Gasteiger charge is -2.30. The van der Waals surface area contributed by atoms with Gasteiger partial charge in [0.15, 0.2) is 10.8 Å². The van der Waals surface area contributed by atoms with Crippen LogP contribution in [0, 0.1) is 0 Å². The van der Waals surface area contributed by atoms with E-state index >= 15 is 0 Å². The quantitative estimate of drug-likeness (QED) is 0.593. The normalized spacial score (nSPS) is 16.9. The van der Waals surface area contributed by atoms with Crippen LogP contribution in [0.3, 0.4) is 0 Å². The molecular weight excluding hydrogens is 335 g/mol. The van der Waals surface area contributed by atoms with E-state index in [4.69, 9.17) is 9.26 Å². The number of amidine groups is 1. The zero-order chi connectivity index (χ0) is 16.8. The number of nitrogens with zero attached hydrogens (tertiary/aromatic N) is 3. The fraction of sp³-hybridized carbons (Fsp3) is 0.500. The first-order valence-electron chi connectivity index (χ1n) is 7.10. The van der Waals surface area contributed by atoms with Crippen LogP contribution in [-0.4, -0.2) is 55.5 Å². The average Bonchev–Trinajstić information content (AvgIpc) is 3.08. The predicted molar refractivity (Wildman–Crippen MR) is 92.9 cm³/mol. The van der Waals surface area contributed by atoms with Crippen molar-refractivity contribution < 1.29 is 14.1 Å². The summed E-state index contributed by atoms with van der Waals surface area (Å²) in [6, 6.07) is 0.154. The highest BCUT2D eigenvalue weighted by molar-refractivity contribution is 7.29. The molecule has 1 aromatic heterocycles. The highest BCUT2D eigenvalue weighted by atomic mass is 32.1. The summed E-state index contributed by atoms with van der Waals surface area (Å²) in [4.78, 5) is 22.8. The lowest BCUT2D eigenvalue weighted by Crippen LogP contribution is -2.36. The number of rotatable bonds is 7. The minimum Gasteiger partial charge on any atom is -0.466 e. The molecular formula is C14H21N4O3PS. The van der Waals surface area contributed by atoms with Gasteiger partial charge in [-0.05, 0) is 6.92 Å². The van der Waals surface area contributed by atoms with Crippen LogP contribution in [-0.2, 0) is 14.1 Å². The number of carbonyl (C=O) groups excluding carboxylic acids is 1. The third-order valence-corrected chi connectivity index (χ3v) is 5.00. The summed E-state index contributed by atoms with van der Waals surface area (Å²) < 4.78 is 9.98. The van der Waals surface area contributed by atoms with Gasteiger partial charge in [0.25, 0.3) is 0 Å². The van der Waals surface area contributed by atoms with E-state index < -0.39 is 0 Å². The van der Waals surface area contributed by atoms with E-state index in [0.717, 1.165) is 16.5 Å². The zero-order valence-corrected chi connectivity index (χ0v) is 15.4. The highest BCUT2D eigenvalue weighted by Crippen LogP contribution is 2.25. The molecule has 7 nitrogen and oxygen atoms in total. The minimum absolute atomic E-state index is 0.154. The second-order valence-corrected chi connectivity index (χ2v) is 6.80. The van der Waals surface area contributed by atoms with Crippen molar-refractivity contribution in [3.8, 4) is 0 Å². The van der Waals surface area contributed by atoms with Crippen molar-refractivity contribution in [2.45, 2.75) is 19.4 Å². The third-order valence-electron chi connectivity index (χ3n) is 3.42. The topological polar surface area (TPSA) is 76.0 Å². The highest BCUT2D eigenvalue weighted by Gasteiger charge is 2.28. The van der Waals surface area contributed by atoms with Crippen molar-refractivity contribution in [1.82, 2.24) is 15.0 Å². The molecule has 2 unspecified atom stereocenters. The first-order valence-corrected chi connectivity index (χ1v) is 8.89. The average molecular weight is 356 g/mol. The summed E-state index contributed by atoms with van der Waals surface area (Å²) in [6.07, 6.45) is 2.42. The van der Waals surface area contributed by atoms with Crippen LogP contribution < -0.4 is 5.09 Å². The van der Waals surface area contributed by atoms with Crippen molar-refractivity contribution >= 4 is 32.1 Å². The molecule has 2 rings (SSSR count).